The maximum Gasteiger partial charge on any atom is 0.254 e. The topological polar surface area (TPSA) is 182 Å². The predicted molar refractivity (Wildman–Crippen MR) is 197 cm³/mol. The standard InChI is InChI=1S/C38H48ClN3O9S/c1-23(44)41-15-4-17-42(38(49)36(48)35(47)34(46)32(45)22-43)18-5-19-52-26-12-13-31(39)29(20-26)37(51-25-10-11-25)30-21-40-16-14-27(30)28-6-2-3-7-33(28)50-24-8-9-24/h2-3,6-7,12-14,16,20-21,24-25,32,34-37,43,45-48H,4-5,8-11,15,17-19,22H2,1H3,(H,41,44)/t32-,34+,35-,36-,37?/m0/s1. The van der Waals surface area contributed by atoms with E-state index in [-0.39, 0.29) is 31.2 Å². The largest absolute Gasteiger partial charge is 0.490 e. The van der Waals surface area contributed by atoms with Crippen molar-refractivity contribution < 1.29 is 44.6 Å². The number of pyridine rings is 1. The van der Waals surface area contributed by atoms with Gasteiger partial charge in [-0.15, -0.1) is 11.8 Å². The molecule has 0 spiro atoms. The van der Waals surface area contributed by atoms with Gasteiger partial charge >= 0.3 is 0 Å². The Balaban J connectivity index is 1.29. The zero-order valence-corrected chi connectivity index (χ0v) is 30.7. The highest BCUT2D eigenvalue weighted by Crippen LogP contribution is 2.44. The number of hydrogen-bond donors (Lipinski definition) is 6. The van der Waals surface area contributed by atoms with Crippen molar-refractivity contribution in [1.29, 1.82) is 0 Å². The second-order valence-electron chi connectivity index (χ2n) is 13.2. The maximum absolute atomic E-state index is 13.2. The molecular weight excluding hydrogens is 710 g/mol. The number of para-hydroxylation sites is 1. The van der Waals surface area contributed by atoms with Gasteiger partial charge in [0.1, 0.15) is 30.2 Å². The van der Waals surface area contributed by atoms with Crippen molar-refractivity contribution in [3.05, 3.63) is 77.1 Å². The van der Waals surface area contributed by atoms with Gasteiger partial charge in [-0.25, -0.2) is 0 Å². The van der Waals surface area contributed by atoms with Gasteiger partial charge in [-0.3, -0.25) is 14.6 Å². The number of thioether (sulfide) groups is 1. The Kier molecular flexibility index (Phi) is 14.7. The molecule has 0 radical (unpaired) electrons. The van der Waals surface area contributed by atoms with Crippen LogP contribution < -0.4 is 10.1 Å². The Morgan fingerprint density at radius 3 is 2.40 bits per heavy atom. The van der Waals surface area contributed by atoms with E-state index in [0.29, 0.717) is 30.2 Å². The summed E-state index contributed by atoms with van der Waals surface area (Å²) in [4.78, 5) is 31.3. The summed E-state index contributed by atoms with van der Waals surface area (Å²) in [6, 6.07) is 15.8. The minimum atomic E-state index is -2.03. The molecule has 2 aliphatic rings. The zero-order chi connectivity index (χ0) is 37.2. The first-order valence-electron chi connectivity index (χ1n) is 17.7. The lowest BCUT2D eigenvalue weighted by Gasteiger charge is -2.30. The van der Waals surface area contributed by atoms with Crippen molar-refractivity contribution in [2.24, 2.45) is 0 Å². The number of carbonyl (C=O) groups is 2. The Labute approximate surface area is 313 Å². The summed E-state index contributed by atoms with van der Waals surface area (Å²) < 4.78 is 12.9. The van der Waals surface area contributed by atoms with Crippen molar-refractivity contribution in [1.82, 2.24) is 15.2 Å². The number of hydrogen-bond acceptors (Lipinski definition) is 11. The van der Waals surface area contributed by atoms with Gasteiger partial charge in [-0.1, -0.05) is 29.8 Å². The van der Waals surface area contributed by atoms with Crippen molar-refractivity contribution >= 4 is 35.2 Å². The molecule has 6 N–H and O–H groups in total. The summed E-state index contributed by atoms with van der Waals surface area (Å²) in [6.07, 6.45) is 0.665. The van der Waals surface area contributed by atoms with E-state index in [9.17, 15) is 30.0 Å². The van der Waals surface area contributed by atoms with Crippen LogP contribution in [0.1, 0.15) is 62.7 Å². The molecule has 52 heavy (non-hydrogen) atoms. The number of amides is 2. The smallest absolute Gasteiger partial charge is 0.254 e. The summed E-state index contributed by atoms with van der Waals surface area (Å²) in [7, 11) is 0. The fourth-order valence-electron chi connectivity index (χ4n) is 5.71. The first kappa shape index (κ1) is 39.9. The Bertz CT molecular complexity index is 1640. The van der Waals surface area contributed by atoms with E-state index < -0.39 is 43.0 Å². The molecule has 2 aromatic carbocycles. The third-order valence-corrected chi connectivity index (χ3v) is 10.3. The molecule has 12 nitrogen and oxygen atoms in total. The maximum atomic E-state index is 13.2. The van der Waals surface area contributed by atoms with Crippen LogP contribution in [0, 0.1) is 0 Å². The highest BCUT2D eigenvalue weighted by molar-refractivity contribution is 7.99. The lowest BCUT2D eigenvalue weighted by atomic mass is 9.93. The summed E-state index contributed by atoms with van der Waals surface area (Å²) in [6.45, 7) is 1.21. The molecular formula is C38H48ClN3O9S. The van der Waals surface area contributed by atoms with Crippen LogP contribution in [-0.4, -0.2) is 116 Å². The number of benzene rings is 2. The zero-order valence-electron chi connectivity index (χ0n) is 29.1. The van der Waals surface area contributed by atoms with E-state index in [4.69, 9.17) is 26.2 Å². The molecule has 1 heterocycles. The fourth-order valence-corrected chi connectivity index (χ4v) is 6.81. The first-order valence-corrected chi connectivity index (χ1v) is 19.1. The highest BCUT2D eigenvalue weighted by atomic mass is 35.5. The minimum absolute atomic E-state index is 0.111. The highest BCUT2D eigenvalue weighted by Gasteiger charge is 2.36. The molecule has 1 unspecified atom stereocenters. The van der Waals surface area contributed by atoms with Crippen molar-refractivity contribution in [3.63, 3.8) is 0 Å². The number of aliphatic hydroxyl groups excluding tert-OH is 5. The van der Waals surface area contributed by atoms with Crippen LogP contribution >= 0.6 is 23.4 Å². The van der Waals surface area contributed by atoms with Crippen molar-refractivity contribution in [2.45, 2.75) is 93.1 Å². The van der Waals surface area contributed by atoms with Crippen molar-refractivity contribution in [3.8, 4) is 16.9 Å². The van der Waals surface area contributed by atoms with Gasteiger partial charge in [-0.05, 0) is 80.2 Å². The number of rotatable bonds is 21. The Morgan fingerprint density at radius 1 is 0.962 bits per heavy atom. The molecule has 14 heteroatoms. The molecule has 0 saturated heterocycles. The summed E-state index contributed by atoms with van der Waals surface area (Å²) in [5.74, 6) is 0.348. The van der Waals surface area contributed by atoms with Crippen LogP contribution in [-0.2, 0) is 14.3 Å². The van der Waals surface area contributed by atoms with Crippen molar-refractivity contribution in [2.75, 3.05) is 32.0 Å². The normalized spacial score (nSPS) is 17.1. The van der Waals surface area contributed by atoms with Crippen LogP contribution in [0.3, 0.4) is 0 Å². The lowest BCUT2D eigenvalue weighted by molar-refractivity contribution is -0.158. The first-order chi connectivity index (χ1) is 25.1. The van der Waals surface area contributed by atoms with Gasteiger partial charge in [0, 0.05) is 65.6 Å². The van der Waals surface area contributed by atoms with E-state index in [1.807, 2.05) is 54.7 Å². The quantitative estimate of drug-likeness (QED) is 0.0692. The van der Waals surface area contributed by atoms with Crippen LogP contribution in [0.25, 0.3) is 11.1 Å². The summed E-state index contributed by atoms with van der Waals surface area (Å²) in [5.41, 5.74) is 3.62. The molecule has 2 fully saturated rings. The SMILES string of the molecule is CC(=O)NCCCN(CCCSc1ccc(Cl)c(C(OC2CC2)c2cnccc2-c2ccccc2OC2CC2)c1)C(=O)[C@@H](O)[C@@H](O)[C@H](O)[C@@H](O)CO. The molecule has 1 aromatic heterocycles. The van der Waals surface area contributed by atoms with E-state index in [1.54, 1.807) is 18.0 Å². The third kappa shape index (κ3) is 11.1. The minimum Gasteiger partial charge on any atom is -0.490 e. The number of carbonyl (C=O) groups excluding carboxylic acids is 2. The molecule has 5 rings (SSSR count). The van der Waals surface area contributed by atoms with E-state index in [0.717, 1.165) is 58.6 Å². The number of halogens is 1. The average Bonchev–Trinajstić information content (AvgIpc) is 4.10. The van der Waals surface area contributed by atoms with Crippen LogP contribution in [0.5, 0.6) is 5.75 Å². The molecule has 0 aliphatic heterocycles. The van der Waals surface area contributed by atoms with E-state index >= 15 is 0 Å². The number of aliphatic hydroxyl groups is 5. The van der Waals surface area contributed by atoms with Gasteiger partial charge < -0.3 is 45.2 Å². The molecule has 0 bridgehead atoms. The third-order valence-electron chi connectivity index (χ3n) is 8.87. The number of nitrogens with one attached hydrogen (secondary N) is 1. The molecule has 5 atom stereocenters. The Hall–Kier alpha value is -3.27. The summed E-state index contributed by atoms with van der Waals surface area (Å²) in [5, 5.41) is 53.0. The van der Waals surface area contributed by atoms with Gasteiger partial charge in [0.15, 0.2) is 6.10 Å². The number of aromatic nitrogens is 1. The number of ether oxygens (including phenoxy) is 2. The van der Waals surface area contributed by atoms with Crippen LogP contribution in [0.2, 0.25) is 5.02 Å². The molecule has 2 aliphatic carbocycles. The average molecular weight is 758 g/mol. The van der Waals surface area contributed by atoms with Gasteiger partial charge in [0.25, 0.3) is 5.91 Å². The molecule has 2 saturated carbocycles. The van der Waals surface area contributed by atoms with Crippen LogP contribution in [0.15, 0.2) is 65.8 Å². The molecule has 3 aromatic rings. The fraction of sp³-hybridized carbons (Fsp3) is 0.500. The second kappa shape index (κ2) is 19.2. The lowest BCUT2D eigenvalue weighted by Crippen LogP contribution is -2.53. The van der Waals surface area contributed by atoms with Gasteiger partial charge in [-0.2, -0.15) is 0 Å². The predicted octanol–water partition coefficient (Wildman–Crippen LogP) is 3.48. The molecule has 2 amide bonds. The number of nitrogens with zero attached hydrogens (tertiary/aromatic N) is 2. The molecule has 282 valence electrons. The Morgan fingerprint density at radius 2 is 1.69 bits per heavy atom. The summed E-state index contributed by atoms with van der Waals surface area (Å²) >= 11 is 8.44. The monoisotopic (exact) mass is 757 g/mol. The van der Waals surface area contributed by atoms with Gasteiger partial charge in [0.05, 0.1) is 18.8 Å². The second-order valence-corrected chi connectivity index (χ2v) is 14.8. The van der Waals surface area contributed by atoms with Crippen LogP contribution in [0.4, 0.5) is 0 Å². The van der Waals surface area contributed by atoms with Gasteiger partial charge in [0.2, 0.25) is 5.91 Å². The van der Waals surface area contributed by atoms with E-state index in [1.165, 1.54) is 11.8 Å². The van der Waals surface area contributed by atoms with E-state index in [2.05, 4.69) is 10.3 Å².